The summed E-state index contributed by atoms with van der Waals surface area (Å²) in [6.45, 7) is 4.88. The molecule has 10 nitrogen and oxygen atoms in total. The fourth-order valence-corrected chi connectivity index (χ4v) is 6.77. The summed E-state index contributed by atoms with van der Waals surface area (Å²) in [5.74, 6) is 3.91. The summed E-state index contributed by atoms with van der Waals surface area (Å²) in [5.41, 5.74) is 1.34. The number of halogens is 1. The van der Waals surface area contributed by atoms with Gasteiger partial charge in [-0.15, -0.1) is 11.6 Å². The standard InChI is InChI=1S/C37H61ClN2O8/c38-14-3-1-2-4-17-43-20-21-44-18-15-39-36(41)29-47-25-24-46-23-22-45-19-16-40-37(42)30-48-35-12-10-31(11-13-35)8-9-34-27-32-6-5-7-33(26-32)28-34/h10-13,32-34H,1-9,14-30H2,(H,39,41)(H,40,42). The van der Waals surface area contributed by atoms with Crippen molar-refractivity contribution < 1.29 is 38.0 Å². The van der Waals surface area contributed by atoms with Gasteiger partial charge < -0.3 is 39.1 Å². The minimum atomic E-state index is -0.193. The number of hydrogen-bond donors (Lipinski definition) is 2. The van der Waals surface area contributed by atoms with Crippen LogP contribution in [0.5, 0.6) is 5.75 Å². The molecule has 2 fully saturated rings. The number of aryl methyl sites for hydroxylation is 1. The first-order valence-corrected chi connectivity index (χ1v) is 18.9. The Kier molecular flexibility index (Phi) is 22.6. The fraction of sp³-hybridized carbons (Fsp3) is 0.784. The maximum absolute atomic E-state index is 12.1. The van der Waals surface area contributed by atoms with Gasteiger partial charge in [0.2, 0.25) is 5.91 Å². The first-order chi connectivity index (χ1) is 23.6. The zero-order valence-electron chi connectivity index (χ0n) is 29.1. The molecule has 2 N–H and O–H groups in total. The van der Waals surface area contributed by atoms with Crippen LogP contribution in [0.25, 0.3) is 0 Å². The Balaban J connectivity index is 1.03. The maximum atomic E-state index is 12.1. The molecule has 0 aromatic heterocycles. The predicted molar refractivity (Wildman–Crippen MR) is 188 cm³/mol. The zero-order valence-corrected chi connectivity index (χ0v) is 29.8. The minimum Gasteiger partial charge on any atom is -0.484 e. The SMILES string of the molecule is O=C(COCCOCCOCCNC(=O)COc1ccc(CCC2CC3CCCC(C3)C2)cc1)NCCOCCOCCCCCCCl. The molecule has 0 heterocycles. The van der Waals surface area contributed by atoms with E-state index in [-0.39, 0.29) is 25.0 Å². The van der Waals surface area contributed by atoms with E-state index in [1.54, 1.807) is 0 Å². The third-order valence-electron chi connectivity index (χ3n) is 9.02. The fourth-order valence-electron chi connectivity index (χ4n) is 6.58. The molecule has 0 spiro atoms. The van der Waals surface area contributed by atoms with Crippen molar-refractivity contribution in [3.05, 3.63) is 29.8 Å². The van der Waals surface area contributed by atoms with E-state index < -0.39 is 0 Å². The van der Waals surface area contributed by atoms with Crippen LogP contribution >= 0.6 is 11.6 Å². The van der Waals surface area contributed by atoms with Gasteiger partial charge in [0.15, 0.2) is 6.61 Å². The molecular formula is C37H61ClN2O8. The van der Waals surface area contributed by atoms with E-state index in [1.807, 2.05) is 12.1 Å². The zero-order chi connectivity index (χ0) is 33.9. The number of unbranched alkanes of at least 4 members (excludes halogenated alkanes) is 3. The number of fused-ring (bicyclic) bond motifs is 2. The monoisotopic (exact) mass is 696 g/mol. The number of amides is 2. The molecule has 2 saturated carbocycles. The molecule has 0 radical (unpaired) electrons. The van der Waals surface area contributed by atoms with Crippen LogP contribution in [0.2, 0.25) is 0 Å². The molecule has 2 atom stereocenters. The average Bonchev–Trinajstić information content (AvgIpc) is 3.09. The van der Waals surface area contributed by atoms with E-state index in [2.05, 4.69) is 22.8 Å². The van der Waals surface area contributed by atoms with Crippen molar-refractivity contribution in [2.24, 2.45) is 17.8 Å². The van der Waals surface area contributed by atoms with Crippen LogP contribution in [0.1, 0.15) is 76.2 Å². The molecule has 2 unspecified atom stereocenters. The highest BCUT2D eigenvalue weighted by Crippen LogP contribution is 2.43. The Labute approximate surface area is 293 Å². The highest BCUT2D eigenvalue weighted by molar-refractivity contribution is 6.17. The Hall–Kier alpha value is -1.95. The first-order valence-electron chi connectivity index (χ1n) is 18.3. The van der Waals surface area contributed by atoms with Crippen LogP contribution in [-0.4, -0.2) is 103 Å². The minimum absolute atomic E-state index is 0.0226. The van der Waals surface area contributed by atoms with E-state index >= 15 is 0 Å². The first kappa shape index (κ1) is 40.5. The lowest BCUT2D eigenvalue weighted by atomic mass is 9.67. The Morgan fingerprint density at radius 1 is 0.646 bits per heavy atom. The number of nitrogens with one attached hydrogen (secondary N) is 2. The van der Waals surface area contributed by atoms with Crippen LogP contribution in [0, 0.1) is 17.8 Å². The van der Waals surface area contributed by atoms with E-state index in [0.717, 1.165) is 62.3 Å². The molecule has 0 saturated heterocycles. The van der Waals surface area contributed by atoms with Crippen LogP contribution < -0.4 is 15.4 Å². The predicted octanol–water partition coefficient (Wildman–Crippen LogP) is 5.33. The highest BCUT2D eigenvalue weighted by atomic mass is 35.5. The van der Waals surface area contributed by atoms with Gasteiger partial charge in [0.1, 0.15) is 12.4 Å². The Morgan fingerprint density at radius 3 is 1.85 bits per heavy atom. The molecule has 0 aliphatic heterocycles. The highest BCUT2D eigenvalue weighted by Gasteiger charge is 2.31. The van der Waals surface area contributed by atoms with Gasteiger partial charge in [0.05, 0.1) is 52.9 Å². The van der Waals surface area contributed by atoms with Gasteiger partial charge in [-0.05, 0) is 80.4 Å². The van der Waals surface area contributed by atoms with Crippen molar-refractivity contribution in [2.75, 3.05) is 91.6 Å². The van der Waals surface area contributed by atoms with E-state index in [1.165, 1.54) is 50.5 Å². The quantitative estimate of drug-likeness (QED) is 0.0854. The number of hydrogen-bond acceptors (Lipinski definition) is 8. The number of ether oxygens (including phenoxy) is 6. The van der Waals surface area contributed by atoms with Gasteiger partial charge >= 0.3 is 0 Å². The molecule has 2 amide bonds. The number of carbonyl (C=O) groups excluding carboxylic acids is 2. The molecule has 48 heavy (non-hydrogen) atoms. The third-order valence-corrected chi connectivity index (χ3v) is 9.29. The van der Waals surface area contributed by atoms with Crippen LogP contribution in [0.3, 0.4) is 0 Å². The number of benzene rings is 1. The Morgan fingerprint density at radius 2 is 1.21 bits per heavy atom. The molecule has 2 aliphatic carbocycles. The lowest BCUT2D eigenvalue weighted by Gasteiger charge is -2.39. The summed E-state index contributed by atoms with van der Waals surface area (Å²) in [5, 5.41) is 5.55. The van der Waals surface area contributed by atoms with E-state index in [4.69, 9.17) is 40.0 Å². The van der Waals surface area contributed by atoms with Gasteiger partial charge in [0, 0.05) is 25.6 Å². The van der Waals surface area contributed by atoms with Crippen LogP contribution in [0.4, 0.5) is 0 Å². The van der Waals surface area contributed by atoms with Crippen molar-refractivity contribution in [3.63, 3.8) is 0 Å². The molecule has 1 aromatic carbocycles. The molecule has 1 aromatic rings. The molecule has 3 rings (SSSR count). The second kappa shape index (κ2) is 26.9. The molecular weight excluding hydrogens is 636 g/mol. The second-order valence-corrected chi connectivity index (χ2v) is 13.4. The second-order valence-electron chi connectivity index (χ2n) is 13.0. The van der Waals surface area contributed by atoms with Crippen LogP contribution in [-0.2, 0) is 39.7 Å². The lowest BCUT2D eigenvalue weighted by molar-refractivity contribution is -0.126. The summed E-state index contributed by atoms with van der Waals surface area (Å²) in [7, 11) is 0. The van der Waals surface area contributed by atoms with E-state index in [9.17, 15) is 9.59 Å². The summed E-state index contributed by atoms with van der Waals surface area (Å²) >= 11 is 5.65. The van der Waals surface area contributed by atoms with Gasteiger partial charge in [0.25, 0.3) is 5.91 Å². The molecule has 2 bridgehead atoms. The maximum Gasteiger partial charge on any atom is 0.258 e. The lowest BCUT2D eigenvalue weighted by Crippen LogP contribution is -2.32. The summed E-state index contributed by atoms with van der Waals surface area (Å²) in [6.07, 6.45) is 15.5. The van der Waals surface area contributed by atoms with Gasteiger partial charge in [-0.25, -0.2) is 0 Å². The molecule has 2 aliphatic rings. The Bertz CT molecular complexity index is 957. The summed E-state index contributed by atoms with van der Waals surface area (Å²) in [4.78, 5) is 23.9. The van der Waals surface area contributed by atoms with Crippen LogP contribution in [0.15, 0.2) is 24.3 Å². The topological polar surface area (TPSA) is 114 Å². The van der Waals surface area contributed by atoms with Gasteiger partial charge in [-0.3, -0.25) is 9.59 Å². The third kappa shape index (κ3) is 19.9. The van der Waals surface area contributed by atoms with Gasteiger partial charge in [-0.1, -0.05) is 44.2 Å². The summed E-state index contributed by atoms with van der Waals surface area (Å²) in [6, 6.07) is 8.18. The van der Waals surface area contributed by atoms with Crippen molar-refractivity contribution in [1.29, 1.82) is 0 Å². The summed E-state index contributed by atoms with van der Waals surface area (Å²) < 4.78 is 32.9. The smallest absolute Gasteiger partial charge is 0.258 e. The molecule has 11 heteroatoms. The van der Waals surface area contributed by atoms with Crippen molar-refractivity contribution in [3.8, 4) is 5.75 Å². The van der Waals surface area contributed by atoms with Crippen molar-refractivity contribution in [1.82, 2.24) is 10.6 Å². The largest absolute Gasteiger partial charge is 0.484 e. The normalized spacial score (nSPS) is 18.8. The van der Waals surface area contributed by atoms with E-state index in [0.29, 0.717) is 71.7 Å². The number of carbonyl (C=O) groups is 2. The molecule has 274 valence electrons. The van der Waals surface area contributed by atoms with Crippen molar-refractivity contribution >= 4 is 23.4 Å². The number of rotatable bonds is 29. The number of alkyl halides is 1. The average molecular weight is 697 g/mol. The van der Waals surface area contributed by atoms with Crippen molar-refractivity contribution in [2.45, 2.75) is 77.0 Å². The van der Waals surface area contributed by atoms with Gasteiger partial charge in [-0.2, -0.15) is 0 Å².